The number of hydrogen-bond acceptors (Lipinski definition) is 2. The van der Waals surface area contributed by atoms with Crippen molar-refractivity contribution in [2.45, 2.75) is 13.8 Å². The van der Waals surface area contributed by atoms with E-state index in [2.05, 4.69) is 61.7 Å². The molecule has 0 spiro atoms. The summed E-state index contributed by atoms with van der Waals surface area (Å²) in [4.78, 5) is 6.86. The van der Waals surface area contributed by atoms with E-state index in [1.54, 1.807) is 0 Å². The Morgan fingerprint density at radius 3 is 2.45 bits per heavy atom. The second-order valence-electron chi connectivity index (χ2n) is 5.29. The molecule has 0 saturated heterocycles. The van der Waals surface area contributed by atoms with Gasteiger partial charge in [0.15, 0.2) is 0 Å². The number of nitrogens with zero attached hydrogens (tertiary/aromatic N) is 3. The fraction of sp³-hybridized carbons (Fsp3) is 0.235. The second-order valence-corrected chi connectivity index (χ2v) is 5.29. The SMILES string of the molecule is Cc1ccc(N(C)c2nc3ccccc3n2C)cc1C. The summed E-state index contributed by atoms with van der Waals surface area (Å²) in [6, 6.07) is 14.7. The Bertz CT molecular complexity index is 771. The van der Waals surface area contributed by atoms with Crippen LogP contribution in [0.4, 0.5) is 11.6 Å². The van der Waals surface area contributed by atoms with Crippen molar-refractivity contribution in [1.29, 1.82) is 0 Å². The van der Waals surface area contributed by atoms with E-state index in [1.165, 1.54) is 11.1 Å². The molecule has 0 atom stereocenters. The van der Waals surface area contributed by atoms with Crippen LogP contribution in [0.15, 0.2) is 42.5 Å². The van der Waals surface area contributed by atoms with E-state index in [4.69, 9.17) is 4.98 Å². The molecule has 3 nitrogen and oxygen atoms in total. The molecule has 0 bridgehead atoms. The van der Waals surface area contributed by atoms with Crippen molar-refractivity contribution < 1.29 is 0 Å². The Morgan fingerprint density at radius 1 is 1.00 bits per heavy atom. The van der Waals surface area contributed by atoms with Crippen LogP contribution in [0.5, 0.6) is 0 Å². The van der Waals surface area contributed by atoms with Gasteiger partial charge in [-0.05, 0) is 49.2 Å². The number of aromatic nitrogens is 2. The Hall–Kier alpha value is -2.29. The third-order valence-electron chi connectivity index (χ3n) is 3.94. The lowest BCUT2D eigenvalue weighted by molar-refractivity contribution is 0.909. The standard InChI is InChI=1S/C17H19N3/c1-12-9-10-14(11-13(12)2)19(3)17-18-15-7-5-6-8-16(15)20(17)4/h5-11H,1-4H3. The first-order chi connectivity index (χ1) is 9.58. The van der Waals surface area contributed by atoms with E-state index in [9.17, 15) is 0 Å². The zero-order chi connectivity index (χ0) is 14.3. The molecule has 3 heteroatoms. The molecule has 3 rings (SSSR count). The molecule has 1 aromatic heterocycles. The summed E-state index contributed by atoms with van der Waals surface area (Å²) in [6.45, 7) is 4.27. The van der Waals surface area contributed by atoms with Crippen molar-refractivity contribution in [3.05, 3.63) is 53.6 Å². The molecule has 0 N–H and O–H groups in total. The van der Waals surface area contributed by atoms with Crippen LogP contribution >= 0.6 is 0 Å². The molecule has 20 heavy (non-hydrogen) atoms. The third-order valence-corrected chi connectivity index (χ3v) is 3.94. The van der Waals surface area contributed by atoms with E-state index in [1.807, 2.05) is 18.2 Å². The van der Waals surface area contributed by atoms with E-state index < -0.39 is 0 Å². The van der Waals surface area contributed by atoms with Gasteiger partial charge in [-0.3, -0.25) is 0 Å². The minimum Gasteiger partial charge on any atom is -0.315 e. The monoisotopic (exact) mass is 265 g/mol. The number of hydrogen-bond donors (Lipinski definition) is 0. The Kier molecular flexibility index (Phi) is 2.97. The van der Waals surface area contributed by atoms with E-state index in [0.717, 1.165) is 22.7 Å². The van der Waals surface area contributed by atoms with Gasteiger partial charge in [0.05, 0.1) is 11.0 Å². The minimum absolute atomic E-state index is 0.953. The molecule has 1 heterocycles. The van der Waals surface area contributed by atoms with Crippen LogP contribution in [0.3, 0.4) is 0 Å². The van der Waals surface area contributed by atoms with Gasteiger partial charge in [0.25, 0.3) is 0 Å². The highest BCUT2D eigenvalue weighted by atomic mass is 15.3. The second kappa shape index (κ2) is 4.67. The maximum absolute atomic E-state index is 4.73. The van der Waals surface area contributed by atoms with E-state index in [0.29, 0.717) is 0 Å². The highest BCUT2D eigenvalue weighted by Crippen LogP contribution is 2.27. The summed E-state index contributed by atoms with van der Waals surface area (Å²) in [5.74, 6) is 0.953. The van der Waals surface area contributed by atoms with Crippen LogP contribution in [0.1, 0.15) is 11.1 Å². The minimum atomic E-state index is 0.953. The molecule has 0 amide bonds. The van der Waals surface area contributed by atoms with Crippen LogP contribution in [0.2, 0.25) is 0 Å². The Labute approximate surface area is 119 Å². The van der Waals surface area contributed by atoms with Crippen LogP contribution in [-0.4, -0.2) is 16.6 Å². The molecule has 0 unspecified atom stereocenters. The number of para-hydroxylation sites is 2. The molecule has 2 aromatic carbocycles. The van der Waals surface area contributed by atoms with Gasteiger partial charge in [-0.15, -0.1) is 0 Å². The number of imidazole rings is 1. The molecule has 0 aliphatic heterocycles. The van der Waals surface area contributed by atoms with Gasteiger partial charge in [0.1, 0.15) is 0 Å². The molecular formula is C17H19N3. The largest absolute Gasteiger partial charge is 0.315 e. The number of anilines is 2. The van der Waals surface area contributed by atoms with Gasteiger partial charge in [-0.25, -0.2) is 4.98 Å². The van der Waals surface area contributed by atoms with Gasteiger partial charge in [-0.2, -0.15) is 0 Å². The molecule has 0 aliphatic carbocycles. The number of rotatable bonds is 2. The summed E-state index contributed by atoms with van der Waals surface area (Å²) in [6.07, 6.45) is 0. The first kappa shape index (κ1) is 12.7. The molecule has 0 saturated carbocycles. The van der Waals surface area contributed by atoms with Gasteiger partial charge in [0.2, 0.25) is 5.95 Å². The predicted octanol–water partition coefficient (Wildman–Crippen LogP) is 3.96. The van der Waals surface area contributed by atoms with Gasteiger partial charge in [-0.1, -0.05) is 18.2 Å². The zero-order valence-electron chi connectivity index (χ0n) is 12.4. The van der Waals surface area contributed by atoms with Crippen molar-refractivity contribution >= 4 is 22.7 Å². The average Bonchev–Trinajstić information content (AvgIpc) is 2.79. The van der Waals surface area contributed by atoms with Gasteiger partial charge >= 0.3 is 0 Å². The maximum Gasteiger partial charge on any atom is 0.210 e. The quantitative estimate of drug-likeness (QED) is 0.699. The lowest BCUT2D eigenvalue weighted by atomic mass is 10.1. The first-order valence-electron chi connectivity index (χ1n) is 6.80. The van der Waals surface area contributed by atoms with Crippen LogP contribution in [0.25, 0.3) is 11.0 Å². The third kappa shape index (κ3) is 1.95. The molecule has 0 radical (unpaired) electrons. The highest BCUT2D eigenvalue weighted by Gasteiger charge is 2.13. The maximum atomic E-state index is 4.73. The normalized spacial score (nSPS) is 11.0. The first-order valence-corrected chi connectivity index (χ1v) is 6.80. The highest BCUT2D eigenvalue weighted by molar-refractivity contribution is 5.80. The van der Waals surface area contributed by atoms with E-state index in [-0.39, 0.29) is 0 Å². The van der Waals surface area contributed by atoms with Crippen LogP contribution < -0.4 is 4.90 Å². The van der Waals surface area contributed by atoms with Crippen LogP contribution in [0, 0.1) is 13.8 Å². The van der Waals surface area contributed by atoms with Crippen LogP contribution in [-0.2, 0) is 7.05 Å². The summed E-state index contributed by atoms with van der Waals surface area (Å²) in [5, 5.41) is 0. The van der Waals surface area contributed by atoms with Crippen molar-refractivity contribution in [2.24, 2.45) is 7.05 Å². The summed E-state index contributed by atoms with van der Waals surface area (Å²) < 4.78 is 2.13. The smallest absolute Gasteiger partial charge is 0.210 e. The van der Waals surface area contributed by atoms with Gasteiger partial charge < -0.3 is 9.47 Å². The number of fused-ring (bicyclic) bond motifs is 1. The lowest BCUT2D eigenvalue weighted by Crippen LogP contribution is -2.14. The molecule has 3 aromatic rings. The zero-order valence-corrected chi connectivity index (χ0v) is 12.4. The molecular weight excluding hydrogens is 246 g/mol. The summed E-state index contributed by atoms with van der Waals surface area (Å²) in [5.41, 5.74) is 5.95. The average molecular weight is 265 g/mol. The van der Waals surface area contributed by atoms with Crippen molar-refractivity contribution in [3.63, 3.8) is 0 Å². The van der Waals surface area contributed by atoms with Crippen molar-refractivity contribution in [2.75, 3.05) is 11.9 Å². The van der Waals surface area contributed by atoms with E-state index >= 15 is 0 Å². The van der Waals surface area contributed by atoms with Crippen molar-refractivity contribution in [1.82, 2.24) is 9.55 Å². The lowest BCUT2D eigenvalue weighted by Gasteiger charge is -2.19. The summed E-state index contributed by atoms with van der Waals surface area (Å²) >= 11 is 0. The fourth-order valence-electron chi connectivity index (χ4n) is 2.48. The van der Waals surface area contributed by atoms with Crippen molar-refractivity contribution in [3.8, 4) is 0 Å². The summed E-state index contributed by atoms with van der Waals surface area (Å²) in [7, 11) is 4.12. The fourth-order valence-corrected chi connectivity index (χ4v) is 2.48. The molecule has 0 fully saturated rings. The van der Waals surface area contributed by atoms with Gasteiger partial charge in [0, 0.05) is 19.8 Å². The molecule has 0 aliphatic rings. The Morgan fingerprint density at radius 2 is 1.75 bits per heavy atom. The topological polar surface area (TPSA) is 21.1 Å². The predicted molar refractivity (Wildman–Crippen MR) is 84.7 cm³/mol. The number of benzene rings is 2. The molecule has 102 valence electrons. The Balaban J connectivity index is 2.09. The number of aryl methyl sites for hydroxylation is 3.